The molecule has 5 atom stereocenters. The van der Waals surface area contributed by atoms with Crippen molar-refractivity contribution in [1.29, 1.82) is 0 Å². The van der Waals surface area contributed by atoms with Gasteiger partial charge >= 0.3 is 0 Å². The number of aryl methyl sites for hydroxylation is 1. The van der Waals surface area contributed by atoms with Crippen molar-refractivity contribution in [3.8, 4) is 0 Å². The lowest BCUT2D eigenvalue weighted by Crippen LogP contribution is -2.61. The van der Waals surface area contributed by atoms with Crippen LogP contribution in [0.2, 0.25) is 0 Å². The van der Waals surface area contributed by atoms with E-state index in [-0.39, 0.29) is 11.5 Å². The van der Waals surface area contributed by atoms with Gasteiger partial charge in [0.05, 0.1) is 11.5 Å². The highest BCUT2D eigenvalue weighted by Gasteiger charge is 2.47. The topological polar surface area (TPSA) is 89.5 Å². The highest BCUT2D eigenvalue weighted by Crippen LogP contribution is 2.28. The molecule has 1 aliphatic heterocycles. The maximum atomic E-state index is 12.4. The number of rotatable bonds is 8. The van der Waals surface area contributed by atoms with Crippen molar-refractivity contribution >= 4 is 10.1 Å². The first-order valence-electron chi connectivity index (χ1n) is 8.10. The van der Waals surface area contributed by atoms with Gasteiger partial charge in [0.25, 0.3) is 10.1 Å². The summed E-state index contributed by atoms with van der Waals surface area (Å²) < 4.78 is 57.4. The van der Waals surface area contributed by atoms with Crippen LogP contribution in [0, 0.1) is 6.92 Å². The molecule has 0 aromatic heterocycles. The average molecular weight is 390 g/mol. The third-order valence-corrected chi connectivity index (χ3v) is 5.63. The Morgan fingerprint density at radius 2 is 1.46 bits per heavy atom. The van der Waals surface area contributed by atoms with E-state index in [1.165, 1.54) is 40.6 Å². The van der Waals surface area contributed by atoms with Gasteiger partial charge in [-0.05, 0) is 19.1 Å². The van der Waals surface area contributed by atoms with Crippen LogP contribution in [-0.4, -0.2) is 74.2 Å². The molecule has 8 nitrogen and oxygen atoms in total. The quantitative estimate of drug-likeness (QED) is 0.610. The van der Waals surface area contributed by atoms with Crippen LogP contribution in [-0.2, 0) is 38.0 Å². The molecule has 1 aliphatic rings. The Morgan fingerprint density at radius 3 is 1.96 bits per heavy atom. The molecule has 26 heavy (non-hydrogen) atoms. The van der Waals surface area contributed by atoms with Crippen LogP contribution in [0.15, 0.2) is 29.2 Å². The summed E-state index contributed by atoms with van der Waals surface area (Å²) >= 11 is 0. The van der Waals surface area contributed by atoms with Crippen LogP contribution in [0.3, 0.4) is 0 Å². The average Bonchev–Trinajstić information content (AvgIpc) is 2.65. The molecule has 0 saturated carbocycles. The molecule has 2 rings (SSSR count). The summed E-state index contributed by atoms with van der Waals surface area (Å²) in [7, 11) is 2.06. The molecule has 0 N–H and O–H groups in total. The van der Waals surface area contributed by atoms with Gasteiger partial charge in [-0.2, -0.15) is 8.42 Å². The standard InChI is InChI=1S/C17H26O8S/c1-11-6-8-12(9-7-11)26(18,19)24-10-13-14(20-2)15(21-3)16(22-4)17(23-5)25-13/h6-9,13-17H,10H2,1-5H3. The van der Waals surface area contributed by atoms with E-state index in [4.69, 9.17) is 27.9 Å². The van der Waals surface area contributed by atoms with Crippen LogP contribution in [0.25, 0.3) is 0 Å². The predicted octanol–water partition coefficient (Wildman–Crippen LogP) is 1.12. The fourth-order valence-electron chi connectivity index (χ4n) is 2.93. The maximum absolute atomic E-state index is 12.4. The van der Waals surface area contributed by atoms with Gasteiger partial charge in [0.15, 0.2) is 6.29 Å². The van der Waals surface area contributed by atoms with Crippen molar-refractivity contribution in [2.45, 2.75) is 42.5 Å². The first-order valence-corrected chi connectivity index (χ1v) is 9.51. The highest BCUT2D eigenvalue weighted by molar-refractivity contribution is 7.86. The van der Waals surface area contributed by atoms with Gasteiger partial charge in [-0.1, -0.05) is 17.7 Å². The van der Waals surface area contributed by atoms with E-state index in [1.807, 2.05) is 6.92 Å². The minimum Gasteiger partial charge on any atom is -0.376 e. The maximum Gasteiger partial charge on any atom is 0.297 e. The second kappa shape index (κ2) is 9.23. The van der Waals surface area contributed by atoms with Gasteiger partial charge in [-0.15, -0.1) is 0 Å². The van der Waals surface area contributed by atoms with E-state index in [0.717, 1.165) is 5.56 Å². The molecule has 0 aliphatic carbocycles. The number of ether oxygens (including phenoxy) is 5. The Balaban J connectivity index is 2.14. The van der Waals surface area contributed by atoms with Gasteiger partial charge in [0, 0.05) is 28.4 Å². The minimum absolute atomic E-state index is 0.0780. The smallest absolute Gasteiger partial charge is 0.297 e. The fourth-order valence-corrected chi connectivity index (χ4v) is 3.85. The molecule has 1 heterocycles. The van der Waals surface area contributed by atoms with Crippen LogP contribution >= 0.6 is 0 Å². The SMILES string of the molecule is COC1OC(COS(=O)(=O)c2ccc(C)cc2)C(OC)C(OC)C1OC. The summed E-state index contributed by atoms with van der Waals surface area (Å²) in [6, 6.07) is 6.40. The Bertz CT molecular complexity index is 660. The monoisotopic (exact) mass is 390 g/mol. The molecule has 1 saturated heterocycles. The van der Waals surface area contributed by atoms with Crippen molar-refractivity contribution in [3.05, 3.63) is 29.8 Å². The first-order chi connectivity index (χ1) is 12.4. The zero-order valence-electron chi connectivity index (χ0n) is 15.6. The first kappa shape index (κ1) is 21.2. The van der Waals surface area contributed by atoms with E-state index in [1.54, 1.807) is 12.1 Å². The van der Waals surface area contributed by atoms with E-state index in [2.05, 4.69) is 0 Å². The van der Waals surface area contributed by atoms with Crippen molar-refractivity contribution in [2.75, 3.05) is 35.0 Å². The number of methoxy groups -OCH3 is 4. The number of hydrogen-bond acceptors (Lipinski definition) is 8. The number of hydrogen-bond donors (Lipinski definition) is 0. The third-order valence-electron chi connectivity index (χ3n) is 4.34. The summed E-state index contributed by atoms with van der Waals surface area (Å²) in [5, 5.41) is 0. The Morgan fingerprint density at radius 1 is 0.885 bits per heavy atom. The summed E-state index contributed by atoms with van der Waals surface area (Å²) in [5.41, 5.74) is 0.954. The molecule has 1 aromatic rings. The zero-order valence-corrected chi connectivity index (χ0v) is 16.4. The van der Waals surface area contributed by atoms with E-state index < -0.39 is 40.8 Å². The molecule has 0 radical (unpaired) electrons. The molecule has 9 heteroatoms. The molecule has 148 valence electrons. The highest BCUT2D eigenvalue weighted by atomic mass is 32.2. The second-order valence-corrected chi connectivity index (χ2v) is 7.55. The molecule has 5 unspecified atom stereocenters. The van der Waals surface area contributed by atoms with Gasteiger partial charge in [-0.25, -0.2) is 0 Å². The van der Waals surface area contributed by atoms with Crippen LogP contribution < -0.4 is 0 Å². The Kier molecular flexibility index (Phi) is 7.53. The van der Waals surface area contributed by atoms with E-state index in [9.17, 15) is 8.42 Å². The van der Waals surface area contributed by atoms with Crippen LogP contribution in [0.5, 0.6) is 0 Å². The molecular weight excluding hydrogens is 364 g/mol. The van der Waals surface area contributed by atoms with Crippen molar-refractivity contribution < 1.29 is 36.3 Å². The van der Waals surface area contributed by atoms with Crippen molar-refractivity contribution in [3.63, 3.8) is 0 Å². The van der Waals surface area contributed by atoms with Crippen LogP contribution in [0.1, 0.15) is 5.56 Å². The summed E-state index contributed by atoms with van der Waals surface area (Å²) in [5.74, 6) is 0. The fraction of sp³-hybridized carbons (Fsp3) is 0.647. The molecule has 0 amide bonds. The summed E-state index contributed by atoms with van der Waals surface area (Å²) in [6.45, 7) is 1.63. The largest absolute Gasteiger partial charge is 0.376 e. The predicted molar refractivity (Wildman–Crippen MR) is 92.4 cm³/mol. The normalized spacial score (nSPS) is 29.7. The molecule has 1 aromatic carbocycles. The molecular formula is C17H26O8S. The van der Waals surface area contributed by atoms with Gasteiger partial charge in [0.2, 0.25) is 0 Å². The second-order valence-electron chi connectivity index (χ2n) is 5.93. The van der Waals surface area contributed by atoms with E-state index in [0.29, 0.717) is 0 Å². The van der Waals surface area contributed by atoms with Gasteiger partial charge < -0.3 is 23.7 Å². The number of benzene rings is 1. The lowest BCUT2D eigenvalue weighted by atomic mass is 9.98. The lowest BCUT2D eigenvalue weighted by molar-refractivity contribution is -0.305. The van der Waals surface area contributed by atoms with E-state index >= 15 is 0 Å². The summed E-state index contributed by atoms with van der Waals surface area (Å²) in [4.78, 5) is 0.0780. The van der Waals surface area contributed by atoms with Crippen LogP contribution in [0.4, 0.5) is 0 Å². The molecule has 0 bridgehead atoms. The third kappa shape index (κ3) is 4.61. The molecule has 0 spiro atoms. The Labute approximate surface area is 154 Å². The molecule has 1 fully saturated rings. The van der Waals surface area contributed by atoms with Gasteiger partial charge in [-0.3, -0.25) is 4.18 Å². The summed E-state index contributed by atoms with van der Waals surface area (Å²) in [6.07, 6.45) is -3.10. The lowest BCUT2D eigenvalue weighted by Gasteiger charge is -2.43. The van der Waals surface area contributed by atoms with Crippen molar-refractivity contribution in [2.24, 2.45) is 0 Å². The minimum atomic E-state index is -3.92. The zero-order chi connectivity index (χ0) is 19.3. The van der Waals surface area contributed by atoms with Gasteiger partial charge in [0.1, 0.15) is 24.4 Å². The van der Waals surface area contributed by atoms with Crippen molar-refractivity contribution in [1.82, 2.24) is 0 Å². The Hall–Kier alpha value is -1.07.